The van der Waals surface area contributed by atoms with Gasteiger partial charge in [0.2, 0.25) is 10.0 Å². The Bertz CT molecular complexity index is 1030. The zero-order chi connectivity index (χ0) is 23.1. The molecule has 1 N–H and O–H groups in total. The van der Waals surface area contributed by atoms with E-state index in [1.54, 1.807) is 33.5 Å². The zero-order valence-corrected chi connectivity index (χ0v) is 20.0. The van der Waals surface area contributed by atoms with E-state index in [4.69, 9.17) is 18.9 Å². The molecule has 1 aliphatic heterocycles. The van der Waals surface area contributed by atoms with Crippen molar-refractivity contribution in [2.45, 2.75) is 30.7 Å². The Morgan fingerprint density at radius 2 is 1.47 bits per heavy atom. The second kappa shape index (κ2) is 10.9. The van der Waals surface area contributed by atoms with Crippen LogP contribution in [0.1, 0.15) is 24.0 Å². The molecule has 9 heteroatoms. The summed E-state index contributed by atoms with van der Waals surface area (Å²) in [5.41, 5.74) is 1.93. The number of aryl methyl sites for hydroxylation is 1. The second-order valence-electron chi connectivity index (χ2n) is 7.55. The molecule has 176 valence electrons. The van der Waals surface area contributed by atoms with E-state index in [1.807, 2.05) is 18.2 Å². The first-order valence-corrected chi connectivity index (χ1v) is 12.0. The Hall–Kier alpha value is -2.49. The van der Waals surface area contributed by atoms with Gasteiger partial charge in [0, 0.05) is 19.2 Å². The number of benzene rings is 2. The van der Waals surface area contributed by atoms with Crippen molar-refractivity contribution in [1.82, 2.24) is 9.62 Å². The smallest absolute Gasteiger partial charge is 0.243 e. The number of sulfonamides is 1. The third kappa shape index (κ3) is 5.28. The van der Waals surface area contributed by atoms with Gasteiger partial charge in [0.25, 0.3) is 0 Å². The highest BCUT2D eigenvalue weighted by Gasteiger charge is 2.35. The number of hydrogen-bond donors (Lipinski definition) is 1. The molecule has 0 fully saturated rings. The molecular weight excluding hydrogens is 432 g/mol. The first kappa shape index (κ1) is 24.2. The molecule has 1 aliphatic rings. The van der Waals surface area contributed by atoms with E-state index < -0.39 is 10.0 Å². The summed E-state index contributed by atoms with van der Waals surface area (Å²) in [4.78, 5) is 0.304. The highest BCUT2D eigenvalue weighted by atomic mass is 32.2. The summed E-state index contributed by atoms with van der Waals surface area (Å²) >= 11 is 0. The lowest BCUT2D eigenvalue weighted by atomic mass is 10.1. The fourth-order valence-electron chi connectivity index (χ4n) is 3.84. The highest BCUT2D eigenvalue weighted by Crippen LogP contribution is 2.38. The number of fused-ring (bicyclic) bond motifs is 1. The molecule has 2 aromatic carbocycles. The lowest BCUT2D eigenvalue weighted by molar-refractivity contribution is 0.353. The van der Waals surface area contributed by atoms with Gasteiger partial charge in [-0.1, -0.05) is 6.07 Å². The number of methoxy groups -OCH3 is 4. The van der Waals surface area contributed by atoms with Crippen LogP contribution in [-0.2, 0) is 23.0 Å². The van der Waals surface area contributed by atoms with Crippen molar-refractivity contribution in [3.8, 4) is 23.0 Å². The maximum absolute atomic E-state index is 12.9. The van der Waals surface area contributed by atoms with Crippen molar-refractivity contribution >= 4 is 10.0 Å². The van der Waals surface area contributed by atoms with Crippen LogP contribution in [0.5, 0.6) is 23.0 Å². The summed E-state index contributed by atoms with van der Waals surface area (Å²) in [6.45, 7) is 2.43. The minimum atomic E-state index is -3.50. The fourth-order valence-corrected chi connectivity index (χ4v) is 5.51. The van der Waals surface area contributed by atoms with Gasteiger partial charge in [0.1, 0.15) is 0 Å². The van der Waals surface area contributed by atoms with Gasteiger partial charge in [-0.15, -0.1) is 0 Å². The average molecular weight is 465 g/mol. The molecule has 0 saturated carbocycles. The molecule has 0 radical (unpaired) electrons. The van der Waals surface area contributed by atoms with Gasteiger partial charge in [0.05, 0.1) is 33.3 Å². The van der Waals surface area contributed by atoms with Gasteiger partial charge in [-0.05, 0) is 61.7 Å². The molecule has 0 amide bonds. The molecule has 0 saturated heterocycles. The van der Waals surface area contributed by atoms with E-state index in [1.165, 1.54) is 17.0 Å². The Balaban J connectivity index is 1.42. The van der Waals surface area contributed by atoms with Crippen LogP contribution < -0.4 is 24.3 Å². The lowest BCUT2D eigenvalue weighted by Gasteiger charge is -2.14. The van der Waals surface area contributed by atoms with Crippen LogP contribution in [-0.4, -0.2) is 60.8 Å². The Labute approximate surface area is 190 Å². The molecule has 8 nitrogen and oxygen atoms in total. The molecule has 0 bridgehead atoms. The molecule has 0 aliphatic carbocycles. The molecule has 0 spiro atoms. The van der Waals surface area contributed by atoms with Crippen LogP contribution in [0.15, 0.2) is 35.2 Å². The monoisotopic (exact) mass is 464 g/mol. The maximum atomic E-state index is 12.9. The van der Waals surface area contributed by atoms with E-state index in [0.717, 1.165) is 49.4 Å². The van der Waals surface area contributed by atoms with Gasteiger partial charge in [-0.2, -0.15) is 4.31 Å². The lowest BCUT2D eigenvalue weighted by Crippen LogP contribution is -2.28. The number of hydrogen-bond acceptors (Lipinski definition) is 7. The van der Waals surface area contributed by atoms with Gasteiger partial charge in [-0.3, -0.25) is 0 Å². The van der Waals surface area contributed by atoms with E-state index in [-0.39, 0.29) is 0 Å². The second-order valence-corrected chi connectivity index (χ2v) is 9.46. The number of nitrogens with one attached hydrogen (secondary N) is 1. The molecular formula is C23H32N2O6S. The van der Waals surface area contributed by atoms with Crippen molar-refractivity contribution in [1.29, 1.82) is 0 Å². The first-order chi connectivity index (χ1) is 15.4. The van der Waals surface area contributed by atoms with Crippen molar-refractivity contribution in [2.24, 2.45) is 0 Å². The van der Waals surface area contributed by atoms with Crippen LogP contribution in [0.25, 0.3) is 0 Å². The summed E-state index contributed by atoms with van der Waals surface area (Å²) in [6.07, 6.45) is 2.63. The van der Waals surface area contributed by atoms with Crippen LogP contribution in [0.4, 0.5) is 0 Å². The van der Waals surface area contributed by atoms with Crippen molar-refractivity contribution in [3.05, 3.63) is 41.5 Å². The van der Waals surface area contributed by atoms with Crippen LogP contribution in [0.2, 0.25) is 0 Å². The molecule has 2 aromatic rings. The highest BCUT2D eigenvalue weighted by molar-refractivity contribution is 7.89. The van der Waals surface area contributed by atoms with Crippen molar-refractivity contribution in [3.63, 3.8) is 0 Å². The SMILES string of the molecule is COc1ccc(CCCNCCCN2Cc3cc(OC)c(OC)cc3S2(=O)=O)cc1OC. The van der Waals surface area contributed by atoms with E-state index in [2.05, 4.69) is 5.32 Å². The topological polar surface area (TPSA) is 86.3 Å². The predicted octanol–water partition coefficient (Wildman–Crippen LogP) is 2.84. The Kier molecular flexibility index (Phi) is 8.22. The summed E-state index contributed by atoms with van der Waals surface area (Å²) < 4.78 is 48.4. The average Bonchev–Trinajstić information content (AvgIpc) is 3.05. The third-order valence-corrected chi connectivity index (χ3v) is 7.49. The number of nitrogens with zero attached hydrogens (tertiary/aromatic N) is 1. The minimum Gasteiger partial charge on any atom is -0.493 e. The minimum absolute atomic E-state index is 0.304. The quantitative estimate of drug-likeness (QED) is 0.484. The van der Waals surface area contributed by atoms with Crippen LogP contribution >= 0.6 is 0 Å². The standard InChI is InChI=1S/C23H32N2O6S/c1-28-19-9-8-17(13-20(19)29-2)7-5-10-24-11-6-12-25-16-18-14-21(30-3)22(31-4)15-23(18)32(25,26)27/h8-9,13-15,24H,5-7,10-12,16H2,1-4H3. The maximum Gasteiger partial charge on any atom is 0.243 e. The van der Waals surface area contributed by atoms with Crippen molar-refractivity contribution < 1.29 is 27.4 Å². The van der Waals surface area contributed by atoms with Gasteiger partial charge in [-0.25, -0.2) is 8.42 Å². The first-order valence-electron chi connectivity index (χ1n) is 10.6. The predicted molar refractivity (Wildman–Crippen MR) is 122 cm³/mol. The zero-order valence-electron chi connectivity index (χ0n) is 19.1. The molecule has 0 unspecified atom stereocenters. The molecule has 32 heavy (non-hydrogen) atoms. The summed E-state index contributed by atoms with van der Waals surface area (Å²) in [5, 5.41) is 3.40. The van der Waals surface area contributed by atoms with Crippen LogP contribution in [0.3, 0.4) is 0 Å². The van der Waals surface area contributed by atoms with Crippen LogP contribution in [0, 0.1) is 0 Å². The van der Waals surface area contributed by atoms with E-state index in [0.29, 0.717) is 29.5 Å². The molecule has 1 heterocycles. The number of rotatable bonds is 12. The van der Waals surface area contributed by atoms with E-state index in [9.17, 15) is 8.42 Å². The fraction of sp³-hybridized carbons (Fsp3) is 0.478. The Morgan fingerprint density at radius 3 is 2.16 bits per heavy atom. The molecule has 0 atom stereocenters. The molecule has 3 rings (SSSR count). The summed E-state index contributed by atoms with van der Waals surface area (Å²) in [5.74, 6) is 2.43. The van der Waals surface area contributed by atoms with Gasteiger partial charge in [0.15, 0.2) is 23.0 Å². The van der Waals surface area contributed by atoms with Crippen molar-refractivity contribution in [2.75, 3.05) is 48.1 Å². The van der Waals surface area contributed by atoms with E-state index >= 15 is 0 Å². The largest absolute Gasteiger partial charge is 0.493 e. The third-order valence-electron chi connectivity index (χ3n) is 5.56. The molecule has 0 aromatic heterocycles. The Morgan fingerprint density at radius 1 is 0.844 bits per heavy atom. The van der Waals surface area contributed by atoms with Gasteiger partial charge < -0.3 is 24.3 Å². The van der Waals surface area contributed by atoms with Gasteiger partial charge >= 0.3 is 0 Å². The number of ether oxygens (including phenoxy) is 4. The summed E-state index contributed by atoms with van der Waals surface area (Å²) in [7, 11) is 2.80. The normalized spacial score (nSPS) is 14.8. The summed E-state index contributed by atoms with van der Waals surface area (Å²) in [6, 6.07) is 9.26.